The Morgan fingerprint density at radius 1 is 1.23 bits per heavy atom. The van der Waals surface area contributed by atoms with Gasteiger partial charge in [0, 0.05) is 26.1 Å². The van der Waals surface area contributed by atoms with Crippen LogP contribution in [0, 0.1) is 6.92 Å². The molecule has 1 aliphatic carbocycles. The highest BCUT2D eigenvalue weighted by Crippen LogP contribution is 2.19. The zero-order chi connectivity index (χ0) is 15.6. The SMILES string of the molecule is Cc1cccc(CNCCC(=O)NCCC2=CCCCC2)c1. The lowest BCUT2D eigenvalue weighted by atomic mass is 9.97. The minimum atomic E-state index is 0.146. The van der Waals surface area contributed by atoms with E-state index in [2.05, 4.69) is 47.9 Å². The molecular formula is C19H28N2O. The molecule has 3 nitrogen and oxygen atoms in total. The number of allylic oxidation sites excluding steroid dienone is 1. The number of amides is 1. The Bertz CT molecular complexity index is 508. The van der Waals surface area contributed by atoms with E-state index in [9.17, 15) is 4.79 Å². The monoisotopic (exact) mass is 300 g/mol. The van der Waals surface area contributed by atoms with Crippen molar-refractivity contribution in [2.45, 2.75) is 52.0 Å². The number of aryl methyl sites for hydroxylation is 1. The average molecular weight is 300 g/mol. The molecule has 0 fully saturated rings. The van der Waals surface area contributed by atoms with Gasteiger partial charge in [0.25, 0.3) is 0 Å². The van der Waals surface area contributed by atoms with E-state index < -0.39 is 0 Å². The molecule has 0 radical (unpaired) electrons. The molecule has 0 heterocycles. The Hall–Kier alpha value is -1.61. The van der Waals surface area contributed by atoms with Crippen molar-refractivity contribution >= 4 is 5.91 Å². The van der Waals surface area contributed by atoms with Crippen LogP contribution < -0.4 is 10.6 Å². The number of carbonyl (C=O) groups excluding carboxylic acids is 1. The molecule has 3 heteroatoms. The lowest BCUT2D eigenvalue weighted by molar-refractivity contribution is -0.120. The average Bonchev–Trinajstić information content (AvgIpc) is 2.53. The molecule has 1 aromatic carbocycles. The predicted octanol–water partition coefficient (Wildman–Crippen LogP) is 3.48. The van der Waals surface area contributed by atoms with Gasteiger partial charge < -0.3 is 10.6 Å². The summed E-state index contributed by atoms with van der Waals surface area (Å²) in [4.78, 5) is 11.8. The maximum Gasteiger partial charge on any atom is 0.221 e. The highest BCUT2D eigenvalue weighted by atomic mass is 16.1. The van der Waals surface area contributed by atoms with Crippen LogP contribution in [0.4, 0.5) is 0 Å². The molecule has 120 valence electrons. The molecule has 1 aliphatic rings. The van der Waals surface area contributed by atoms with Gasteiger partial charge in [-0.2, -0.15) is 0 Å². The number of hydrogen-bond donors (Lipinski definition) is 2. The minimum absolute atomic E-state index is 0.146. The van der Waals surface area contributed by atoms with Crippen LogP contribution in [0.15, 0.2) is 35.9 Å². The van der Waals surface area contributed by atoms with Crippen molar-refractivity contribution in [2.75, 3.05) is 13.1 Å². The first kappa shape index (κ1) is 16.8. The highest BCUT2D eigenvalue weighted by molar-refractivity contribution is 5.76. The molecule has 2 rings (SSSR count). The Kier molecular flexibility index (Phi) is 7.17. The summed E-state index contributed by atoms with van der Waals surface area (Å²) in [5.41, 5.74) is 4.06. The van der Waals surface area contributed by atoms with Crippen LogP contribution in [0.25, 0.3) is 0 Å². The maximum atomic E-state index is 11.8. The topological polar surface area (TPSA) is 41.1 Å². The van der Waals surface area contributed by atoms with Crippen LogP contribution in [0.3, 0.4) is 0 Å². The van der Waals surface area contributed by atoms with Crippen molar-refractivity contribution in [1.82, 2.24) is 10.6 Å². The zero-order valence-corrected chi connectivity index (χ0v) is 13.7. The molecule has 22 heavy (non-hydrogen) atoms. The number of benzene rings is 1. The summed E-state index contributed by atoms with van der Waals surface area (Å²) in [5.74, 6) is 0.146. The van der Waals surface area contributed by atoms with Gasteiger partial charge in [0.2, 0.25) is 5.91 Å². The molecule has 0 spiro atoms. The first-order valence-electron chi connectivity index (χ1n) is 8.45. The molecule has 0 saturated heterocycles. The molecule has 1 aromatic rings. The van der Waals surface area contributed by atoms with E-state index >= 15 is 0 Å². The van der Waals surface area contributed by atoms with Gasteiger partial charge in [-0.05, 0) is 44.6 Å². The predicted molar refractivity (Wildman–Crippen MR) is 91.7 cm³/mol. The molecular weight excluding hydrogens is 272 g/mol. The molecule has 1 amide bonds. The first-order chi connectivity index (χ1) is 10.7. The minimum Gasteiger partial charge on any atom is -0.356 e. The van der Waals surface area contributed by atoms with Crippen LogP contribution in [0.1, 0.15) is 49.7 Å². The van der Waals surface area contributed by atoms with Gasteiger partial charge in [-0.3, -0.25) is 4.79 Å². The summed E-state index contributed by atoms with van der Waals surface area (Å²) in [7, 11) is 0. The van der Waals surface area contributed by atoms with Gasteiger partial charge in [0.05, 0.1) is 0 Å². The van der Waals surface area contributed by atoms with Crippen LogP contribution in [-0.4, -0.2) is 19.0 Å². The summed E-state index contributed by atoms with van der Waals surface area (Å²) < 4.78 is 0. The van der Waals surface area contributed by atoms with E-state index in [0.717, 1.165) is 26.1 Å². The molecule has 0 atom stereocenters. The van der Waals surface area contributed by atoms with E-state index in [4.69, 9.17) is 0 Å². The largest absolute Gasteiger partial charge is 0.356 e. The summed E-state index contributed by atoms with van der Waals surface area (Å²) >= 11 is 0. The molecule has 0 aliphatic heterocycles. The van der Waals surface area contributed by atoms with Crippen molar-refractivity contribution in [2.24, 2.45) is 0 Å². The Morgan fingerprint density at radius 3 is 2.91 bits per heavy atom. The molecule has 0 aromatic heterocycles. The lowest BCUT2D eigenvalue weighted by Crippen LogP contribution is -2.28. The standard InChI is InChI=1S/C19H28N2O/c1-16-6-5-9-18(14-16)15-20-12-11-19(22)21-13-10-17-7-3-2-4-8-17/h5-7,9,14,20H,2-4,8,10-13,15H2,1H3,(H,21,22). The smallest absolute Gasteiger partial charge is 0.221 e. The van der Waals surface area contributed by atoms with Gasteiger partial charge in [-0.15, -0.1) is 0 Å². The van der Waals surface area contributed by atoms with Crippen molar-refractivity contribution in [3.63, 3.8) is 0 Å². The zero-order valence-electron chi connectivity index (χ0n) is 13.7. The molecule has 0 unspecified atom stereocenters. The third-order valence-electron chi connectivity index (χ3n) is 4.09. The second kappa shape index (κ2) is 9.42. The number of nitrogens with one attached hydrogen (secondary N) is 2. The normalized spacial score (nSPS) is 14.5. The quantitative estimate of drug-likeness (QED) is 0.570. The fourth-order valence-corrected chi connectivity index (χ4v) is 2.84. The van der Waals surface area contributed by atoms with Crippen molar-refractivity contribution in [3.05, 3.63) is 47.0 Å². The lowest BCUT2D eigenvalue weighted by Gasteiger charge is -2.13. The second-order valence-corrected chi connectivity index (χ2v) is 6.12. The highest BCUT2D eigenvalue weighted by Gasteiger charge is 2.05. The summed E-state index contributed by atoms with van der Waals surface area (Å²) in [5, 5.41) is 6.35. The summed E-state index contributed by atoms with van der Waals surface area (Å²) in [6.45, 7) is 4.42. The van der Waals surface area contributed by atoms with Crippen molar-refractivity contribution in [3.8, 4) is 0 Å². The van der Waals surface area contributed by atoms with Gasteiger partial charge in [0.1, 0.15) is 0 Å². The van der Waals surface area contributed by atoms with E-state index in [-0.39, 0.29) is 5.91 Å². The molecule has 0 saturated carbocycles. The molecule has 0 bridgehead atoms. The van der Waals surface area contributed by atoms with Gasteiger partial charge in [0.15, 0.2) is 0 Å². The second-order valence-electron chi connectivity index (χ2n) is 6.12. The van der Waals surface area contributed by atoms with Crippen molar-refractivity contribution < 1.29 is 4.79 Å². The fraction of sp³-hybridized carbons (Fsp3) is 0.526. The third-order valence-corrected chi connectivity index (χ3v) is 4.09. The van der Waals surface area contributed by atoms with Crippen LogP contribution in [0.5, 0.6) is 0 Å². The third kappa shape index (κ3) is 6.44. The van der Waals surface area contributed by atoms with Crippen LogP contribution >= 0.6 is 0 Å². The Labute approximate surface area is 134 Å². The van der Waals surface area contributed by atoms with E-state index in [1.807, 2.05) is 0 Å². The summed E-state index contributed by atoms with van der Waals surface area (Å²) in [6, 6.07) is 8.45. The van der Waals surface area contributed by atoms with Crippen LogP contribution in [0.2, 0.25) is 0 Å². The number of hydrogen-bond acceptors (Lipinski definition) is 2. The Morgan fingerprint density at radius 2 is 2.14 bits per heavy atom. The maximum absolute atomic E-state index is 11.8. The number of carbonyl (C=O) groups is 1. The molecule has 2 N–H and O–H groups in total. The fourth-order valence-electron chi connectivity index (χ4n) is 2.84. The number of rotatable bonds is 8. The van der Waals surface area contributed by atoms with Crippen molar-refractivity contribution in [1.29, 1.82) is 0 Å². The van der Waals surface area contributed by atoms with E-state index in [0.29, 0.717) is 6.42 Å². The van der Waals surface area contributed by atoms with Crippen LogP contribution in [-0.2, 0) is 11.3 Å². The van der Waals surface area contributed by atoms with Gasteiger partial charge in [-0.25, -0.2) is 0 Å². The van der Waals surface area contributed by atoms with E-state index in [1.165, 1.54) is 42.4 Å². The first-order valence-corrected chi connectivity index (χ1v) is 8.45. The van der Waals surface area contributed by atoms with E-state index in [1.54, 1.807) is 0 Å². The van der Waals surface area contributed by atoms with Gasteiger partial charge in [-0.1, -0.05) is 41.5 Å². The summed E-state index contributed by atoms with van der Waals surface area (Å²) in [6.07, 6.45) is 8.97. The van der Waals surface area contributed by atoms with Gasteiger partial charge >= 0.3 is 0 Å². The Balaban J connectivity index is 1.53.